The molecule has 0 saturated carbocycles. The monoisotopic (exact) mass is 234 g/mol. The smallest absolute Gasteiger partial charge is 0.368 e. The molecule has 1 rings (SSSR count). The predicted molar refractivity (Wildman–Crippen MR) is 59.3 cm³/mol. The van der Waals surface area contributed by atoms with Crippen molar-refractivity contribution in [3.63, 3.8) is 0 Å². The molecule has 0 spiro atoms. The standard InChI is InChI=1S/C9H11F3N2.C2H6/c1-6(2)14-8-4-3-7(5-13-8)9(10,11)12;1-2/h3-6H,1-2H3,(H,13,14);1-2H3. The molecule has 0 saturated heterocycles. The Morgan fingerprint density at radius 1 is 1.19 bits per heavy atom. The van der Waals surface area contributed by atoms with Gasteiger partial charge < -0.3 is 5.32 Å². The number of aromatic nitrogens is 1. The lowest BCUT2D eigenvalue weighted by Gasteiger charge is -2.10. The number of halogens is 3. The van der Waals surface area contributed by atoms with E-state index in [1.807, 2.05) is 27.7 Å². The lowest BCUT2D eigenvalue weighted by atomic mass is 10.2. The van der Waals surface area contributed by atoms with Gasteiger partial charge in [0.1, 0.15) is 5.82 Å². The lowest BCUT2D eigenvalue weighted by Crippen LogP contribution is -2.12. The van der Waals surface area contributed by atoms with Crippen LogP contribution in [0.3, 0.4) is 0 Å². The second-order valence-electron chi connectivity index (χ2n) is 3.23. The van der Waals surface area contributed by atoms with E-state index < -0.39 is 11.7 Å². The van der Waals surface area contributed by atoms with E-state index >= 15 is 0 Å². The molecule has 0 radical (unpaired) electrons. The molecule has 2 nitrogen and oxygen atoms in total. The zero-order valence-electron chi connectivity index (χ0n) is 9.89. The van der Waals surface area contributed by atoms with Gasteiger partial charge in [-0.25, -0.2) is 4.98 Å². The summed E-state index contributed by atoms with van der Waals surface area (Å²) in [5.74, 6) is 0.452. The highest BCUT2D eigenvalue weighted by atomic mass is 19.4. The van der Waals surface area contributed by atoms with Gasteiger partial charge in [0.15, 0.2) is 0 Å². The average molecular weight is 234 g/mol. The summed E-state index contributed by atoms with van der Waals surface area (Å²) in [6, 6.07) is 2.49. The first-order valence-electron chi connectivity index (χ1n) is 5.19. The Bertz CT molecular complexity index is 291. The maximum absolute atomic E-state index is 12.1. The Morgan fingerprint density at radius 3 is 2.06 bits per heavy atom. The summed E-state index contributed by atoms with van der Waals surface area (Å²) in [6.45, 7) is 7.78. The molecule has 0 unspecified atom stereocenters. The number of anilines is 1. The number of nitrogens with zero attached hydrogens (tertiary/aromatic N) is 1. The lowest BCUT2D eigenvalue weighted by molar-refractivity contribution is -0.137. The second kappa shape index (κ2) is 6.35. The van der Waals surface area contributed by atoms with Crippen molar-refractivity contribution in [3.05, 3.63) is 23.9 Å². The van der Waals surface area contributed by atoms with E-state index in [2.05, 4.69) is 10.3 Å². The van der Waals surface area contributed by atoms with E-state index in [0.717, 1.165) is 12.3 Å². The van der Waals surface area contributed by atoms with Gasteiger partial charge in [0, 0.05) is 12.2 Å². The molecule has 1 N–H and O–H groups in total. The highest BCUT2D eigenvalue weighted by Crippen LogP contribution is 2.28. The van der Waals surface area contributed by atoms with E-state index in [9.17, 15) is 13.2 Å². The summed E-state index contributed by atoms with van der Waals surface area (Å²) < 4.78 is 36.4. The second-order valence-corrected chi connectivity index (χ2v) is 3.23. The fourth-order valence-corrected chi connectivity index (χ4v) is 0.943. The van der Waals surface area contributed by atoms with Crippen molar-refractivity contribution in [3.8, 4) is 0 Å². The first-order chi connectivity index (χ1) is 7.39. The molecule has 0 amide bonds. The van der Waals surface area contributed by atoms with Gasteiger partial charge in [-0.1, -0.05) is 13.8 Å². The fraction of sp³-hybridized carbons (Fsp3) is 0.545. The number of nitrogens with one attached hydrogen (secondary N) is 1. The third-order valence-corrected chi connectivity index (χ3v) is 1.53. The van der Waals surface area contributed by atoms with E-state index in [0.29, 0.717) is 5.82 Å². The first kappa shape index (κ1) is 14.7. The average Bonchev–Trinajstić information content (AvgIpc) is 2.19. The molecular weight excluding hydrogens is 217 g/mol. The van der Waals surface area contributed by atoms with Crippen molar-refractivity contribution in [1.82, 2.24) is 4.98 Å². The van der Waals surface area contributed by atoms with Crippen LogP contribution in [-0.4, -0.2) is 11.0 Å². The third kappa shape index (κ3) is 5.00. The molecule has 1 aromatic heterocycles. The molecule has 1 aromatic rings. The Kier molecular flexibility index (Phi) is 5.85. The summed E-state index contributed by atoms with van der Waals surface area (Å²) in [4.78, 5) is 3.65. The topological polar surface area (TPSA) is 24.9 Å². The van der Waals surface area contributed by atoms with Crippen LogP contribution in [0, 0.1) is 0 Å². The van der Waals surface area contributed by atoms with Crippen LogP contribution in [0.25, 0.3) is 0 Å². The van der Waals surface area contributed by atoms with Crippen LogP contribution in [0.1, 0.15) is 33.3 Å². The Labute approximate surface area is 93.9 Å². The van der Waals surface area contributed by atoms with Gasteiger partial charge >= 0.3 is 6.18 Å². The predicted octanol–water partition coefficient (Wildman–Crippen LogP) is 3.95. The van der Waals surface area contributed by atoms with Gasteiger partial charge in [-0.2, -0.15) is 13.2 Å². The van der Waals surface area contributed by atoms with Gasteiger partial charge in [0.2, 0.25) is 0 Å². The molecule has 92 valence electrons. The van der Waals surface area contributed by atoms with Crippen molar-refractivity contribution in [2.45, 2.75) is 39.9 Å². The van der Waals surface area contributed by atoms with E-state index in [4.69, 9.17) is 0 Å². The molecule has 0 aliphatic carbocycles. The number of rotatable bonds is 2. The number of hydrogen-bond donors (Lipinski definition) is 1. The van der Waals surface area contributed by atoms with Crippen LogP contribution in [0.2, 0.25) is 0 Å². The van der Waals surface area contributed by atoms with Gasteiger partial charge in [-0.15, -0.1) is 0 Å². The summed E-state index contributed by atoms with van der Waals surface area (Å²) in [5, 5.41) is 2.90. The minimum absolute atomic E-state index is 0.152. The molecule has 0 bridgehead atoms. The van der Waals surface area contributed by atoms with Gasteiger partial charge in [-0.05, 0) is 26.0 Å². The fourth-order valence-electron chi connectivity index (χ4n) is 0.943. The molecule has 0 fully saturated rings. The van der Waals surface area contributed by atoms with Crippen LogP contribution < -0.4 is 5.32 Å². The Hall–Kier alpha value is -1.26. The summed E-state index contributed by atoms with van der Waals surface area (Å²) in [6.07, 6.45) is -3.49. The van der Waals surface area contributed by atoms with Crippen LogP contribution in [-0.2, 0) is 6.18 Å². The number of hydrogen-bond acceptors (Lipinski definition) is 2. The Balaban J connectivity index is 0.00000106. The van der Waals surface area contributed by atoms with E-state index in [1.54, 1.807) is 0 Å². The van der Waals surface area contributed by atoms with E-state index in [1.165, 1.54) is 6.07 Å². The van der Waals surface area contributed by atoms with Crippen molar-refractivity contribution in [2.75, 3.05) is 5.32 Å². The summed E-state index contributed by atoms with van der Waals surface area (Å²) in [7, 11) is 0. The van der Waals surface area contributed by atoms with Crippen LogP contribution in [0.5, 0.6) is 0 Å². The highest BCUT2D eigenvalue weighted by Gasteiger charge is 2.30. The van der Waals surface area contributed by atoms with Gasteiger partial charge in [0.25, 0.3) is 0 Å². The quantitative estimate of drug-likeness (QED) is 0.838. The molecule has 0 aliphatic rings. The van der Waals surface area contributed by atoms with Crippen molar-refractivity contribution in [2.24, 2.45) is 0 Å². The van der Waals surface area contributed by atoms with Crippen molar-refractivity contribution in [1.29, 1.82) is 0 Å². The van der Waals surface area contributed by atoms with Crippen LogP contribution in [0.15, 0.2) is 18.3 Å². The number of alkyl halides is 3. The SMILES string of the molecule is CC.CC(C)Nc1ccc(C(F)(F)F)cn1. The maximum Gasteiger partial charge on any atom is 0.417 e. The molecule has 0 aromatic carbocycles. The van der Waals surface area contributed by atoms with E-state index in [-0.39, 0.29) is 6.04 Å². The van der Waals surface area contributed by atoms with Crippen molar-refractivity contribution >= 4 is 5.82 Å². The molecule has 0 atom stereocenters. The number of pyridine rings is 1. The minimum atomic E-state index is -4.32. The molecular formula is C11H17F3N2. The van der Waals surface area contributed by atoms with Crippen LogP contribution in [0.4, 0.5) is 19.0 Å². The summed E-state index contributed by atoms with van der Waals surface area (Å²) in [5.41, 5.74) is -0.730. The Morgan fingerprint density at radius 2 is 1.75 bits per heavy atom. The highest BCUT2D eigenvalue weighted by molar-refractivity contribution is 5.36. The first-order valence-corrected chi connectivity index (χ1v) is 5.19. The summed E-state index contributed by atoms with van der Waals surface area (Å²) >= 11 is 0. The minimum Gasteiger partial charge on any atom is -0.368 e. The van der Waals surface area contributed by atoms with Gasteiger partial charge in [0.05, 0.1) is 5.56 Å². The van der Waals surface area contributed by atoms with Gasteiger partial charge in [-0.3, -0.25) is 0 Å². The molecule has 0 aliphatic heterocycles. The van der Waals surface area contributed by atoms with Crippen LogP contribution >= 0.6 is 0 Å². The molecule has 5 heteroatoms. The normalized spacial score (nSPS) is 10.8. The molecule has 1 heterocycles. The van der Waals surface area contributed by atoms with Crippen molar-refractivity contribution < 1.29 is 13.2 Å². The maximum atomic E-state index is 12.1. The third-order valence-electron chi connectivity index (χ3n) is 1.53. The zero-order valence-corrected chi connectivity index (χ0v) is 9.89. The largest absolute Gasteiger partial charge is 0.417 e. The zero-order chi connectivity index (χ0) is 12.8. The molecule has 16 heavy (non-hydrogen) atoms.